The maximum atomic E-state index is 12.0. The van der Waals surface area contributed by atoms with E-state index in [0.717, 1.165) is 11.1 Å². The molecule has 1 aromatic carbocycles. The molecule has 0 aliphatic rings. The number of carbonyl (C=O) groups is 2. The van der Waals surface area contributed by atoms with E-state index in [-0.39, 0.29) is 24.5 Å². The Morgan fingerprint density at radius 1 is 1.24 bits per heavy atom. The molecule has 0 unspecified atom stereocenters. The van der Waals surface area contributed by atoms with Crippen molar-refractivity contribution in [2.45, 2.75) is 33.6 Å². The van der Waals surface area contributed by atoms with E-state index in [0.29, 0.717) is 5.56 Å². The largest absolute Gasteiger partial charge is 0.481 e. The summed E-state index contributed by atoms with van der Waals surface area (Å²) in [4.78, 5) is 22.5. The lowest BCUT2D eigenvalue weighted by Crippen LogP contribution is -2.11. The van der Waals surface area contributed by atoms with Crippen molar-refractivity contribution in [3.05, 3.63) is 34.9 Å². The third-order valence-electron chi connectivity index (χ3n) is 2.74. The molecule has 0 aliphatic heterocycles. The van der Waals surface area contributed by atoms with Crippen molar-refractivity contribution in [3.63, 3.8) is 0 Å². The van der Waals surface area contributed by atoms with Crippen LogP contribution in [0.2, 0.25) is 0 Å². The zero-order chi connectivity index (χ0) is 13.0. The van der Waals surface area contributed by atoms with Crippen molar-refractivity contribution in [3.8, 4) is 0 Å². The molecule has 1 rings (SSSR count). The predicted octanol–water partition coefficient (Wildman–Crippen LogP) is 2.99. The van der Waals surface area contributed by atoms with Crippen LogP contribution in [0, 0.1) is 19.8 Å². The molecule has 0 saturated carbocycles. The second-order valence-electron chi connectivity index (χ2n) is 4.65. The maximum absolute atomic E-state index is 12.0. The van der Waals surface area contributed by atoms with Gasteiger partial charge in [0.15, 0.2) is 5.78 Å². The van der Waals surface area contributed by atoms with Gasteiger partial charge < -0.3 is 5.11 Å². The van der Waals surface area contributed by atoms with Crippen molar-refractivity contribution in [2.24, 2.45) is 5.92 Å². The number of hydrogen-bond donors (Lipinski definition) is 1. The monoisotopic (exact) mass is 234 g/mol. The molecule has 3 nitrogen and oxygen atoms in total. The summed E-state index contributed by atoms with van der Waals surface area (Å²) < 4.78 is 0. The first kappa shape index (κ1) is 13.4. The van der Waals surface area contributed by atoms with Crippen LogP contribution in [-0.4, -0.2) is 16.9 Å². The summed E-state index contributed by atoms with van der Waals surface area (Å²) in [5.41, 5.74) is 2.78. The van der Waals surface area contributed by atoms with Crippen molar-refractivity contribution in [1.82, 2.24) is 0 Å². The van der Waals surface area contributed by atoms with Gasteiger partial charge in [-0.3, -0.25) is 9.59 Å². The second kappa shape index (κ2) is 5.62. The minimum Gasteiger partial charge on any atom is -0.481 e. The van der Waals surface area contributed by atoms with Crippen LogP contribution in [-0.2, 0) is 4.79 Å². The van der Waals surface area contributed by atoms with Crippen LogP contribution in [0.1, 0.15) is 41.3 Å². The standard InChI is InChI=1S/C14H18O3/c1-9-4-5-12(11(3)6-9)13(15)7-10(2)8-14(16)17/h4-6,10H,7-8H2,1-3H3,(H,16,17)/t10-/m1/s1. The summed E-state index contributed by atoms with van der Waals surface area (Å²) in [6, 6.07) is 5.69. The lowest BCUT2D eigenvalue weighted by molar-refractivity contribution is -0.137. The summed E-state index contributed by atoms with van der Waals surface area (Å²) in [5, 5.41) is 8.65. The van der Waals surface area contributed by atoms with Crippen molar-refractivity contribution in [1.29, 1.82) is 0 Å². The number of carboxylic acid groups (broad SMARTS) is 1. The third kappa shape index (κ3) is 4.02. The van der Waals surface area contributed by atoms with E-state index in [2.05, 4.69) is 0 Å². The van der Waals surface area contributed by atoms with Crippen molar-refractivity contribution >= 4 is 11.8 Å². The Labute approximate surface area is 101 Å². The molecule has 1 atom stereocenters. The van der Waals surface area contributed by atoms with Gasteiger partial charge >= 0.3 is 5.97 Å². The first-order chi connectivity index (χ1) is 7.90. The number of aryl methyl sites for hydroxylation is 2. The molecule has 0 fully saturated rings. The average molecular weight is 234 g/mol. The normalized spacial score (nSPS) is 12.2. The van der Waals surface area contributed by atoms with E-state index in [9.17, 15) is 9.59 Å². The summed E-state index contributed by atoms with van der Waals surface area (Å²) in [6.45, 7) is 5.67. The van der Waals surface area contributed by atoms with Gasteiger partial charge in [-0.1, -0.05) is 30.7 Å². The summed E-state index contributed by atoms with van der Waals surface area (Å²) in [6.07, 6.45) is 0.326. The summed E-state index contributed by atoms with van der Waals surface area (Å²) in [5.74, 6) is -0.956. The van der Waals surface area contributed by atoms with Crippen LogP contribution < -0.4 is 0 Å². The molecule has 0 bridgehead atoms. The van der Waals surface area contributed by atoms with E-state index in [1.54, 1.807) is 6.92 Å². The Kier molecular flexibility index (Phi) is 4.44. The maximum Gasteiger partial charge on any atom is 0.303 e. The van der Waals surface area contributed by atoms with Crippen LogP contribution in [0.25, 0.3) is 0 Å². The number of carbonyl (C=O) groups excluding carboxylic acids is 1. The molecule has 92 valence electrons. The van der Waals surface area contributed by atoms with Gasteiger partial charge in [0, 0.05) is 18.4 Å². The van der Waals surface area contributed by atoms with E-state index < -0.39 is 5.97 Å². The van der Waals surface area contributed by atoms with Gasteiger partial charge in [-0.05, 0) is 25.3 Å². The van der Waals surface area contributed by atoms with Gasteiger partial charge in [0.25, 0.3) is 0 Å². The smallest absolute Gasteiger partial charge is 0.303 e. The van der Waals surface area contributed by atoms with Gasteiger partial charge in [-0.2, -0.15) is 0 Å². The van der Waals surface area contributed by atoms with Crippen LogP contribution in [0.3, 0.4) is 0 Å². The van der Waals surface area contributed by atoms with E-state index in [1.807, 2.05) is 32.0 Å². The predicted molar refractivity (Wildman–Crippen MR) is 66.3 cm³/mol. The number of hydrogen-bond acceptors (Lipinski definition) is 2. The molecule has 0 heterocycles. The van der Waals surface area contributed by atoms with E-state index >= 15 is 0 Å². The lowest BCUT2D eigenvalue weighted by Gasteiger charge is -2.10. The Hall–Kier alpha value is -1.64. The highest BCUT2D eigenvalue weighted by atomic mass is 16.4. The van der Waals surface area contributed by atoms with Crippen molar-refractivity contribution in [2.75, 3.05) is 0 Å². The number of ketones is 1. The summed E-state index contributed by atoms with van der Waals surface area (Å²) in [7, 11) is 0. The number of aliphatic carboxylic acids is 1. The number of rotatable bonds is 5. The highest BCUT2D eigenvalue weighted by Crippen LogP contribution is 2.17. The van der Waals surface area contributed by atoms with Crippen LogP contribution in [0.15, 0.2) is 18.2 Å². The Morgan fingerprint density at radius 3 is 2.41 bits per heavy atom. The fourth-order valence-corrected chi connectivity index (χ4v) is 1.92. The Balaban J connectivity index is 2.73. The highest BCUT2D eigenvalue weighted by Gasteiger charge is 2.15. The molecule has 0 amide bonds. The molecular formula is C14H18O3. The van der Waals surface area contributed by atoms with Gasteiger partial charge in [-0.15, -0.1) is 0 Å². The minimum atomic E-state index is -0.856. The molecular weight excluding hydrogens is 216 g/mol. The second-order valence-corrected chi connectivity index (χ2v) is 4.65. The van der Waals surface area contributed by atoms with E-state index in [1.165, 1.54) is 0 Å². The molecule has 0 aromatic heterocycles. The first-order valence-corrected chi connectivity index (χ1v) is 5.72. The molecule has 0 aliphatic carbocycles. The van der Waals surface area contributed by atoms with E-state index in [4.69, 9.17) is 5.11 Å². The fourth-order valence-electron chi connectivity index (χ4n) is 1.92. The SMILES string of the molecule is Cc1ccc(C(=O)C[C@@H](C)CC(=O)O)c(C)c1. The topological polar surface area (TPSA) is 54.4 Å². The average Bonchev–Trinajstić information content (AvgIpc) is 2.15. The minimum absolute atomic E-state index is 0.0243. The highest BCUT2D eigenvalue weighted by molar-refractivity contribution is 5.97. The molecule has 3 heteroatoms. The van der Waals surface area contributed by atoms with Crippen LogP contribution in [0.5, 0.6) is 0 Å². The number of carboxylic acids is 1. The molecule has 0 spiro atoms. The van der Waals surface area contributed by atoms with Crippen LogP contribution >= 0.6 is 0 Å². The lowest BCUT2D eigenvalue weighted by atomic mass is 9.94. The summed E-state index contributed by atoms with van der Waals surface area (Å²) >= 11 is 0. The zero-order valence-corrected chi connectivity index (χ0v) is 10.5. The molecule has 1 aromatic rings. The van der Waals surface area contributed by atoms with Crippen LogP contribution in [0.4, 0.5) is 0 Å². The van der Waals surface area contributed by atoms with Gasteiger partial charge in [0.05, 0.1) is 0 Å². The zero-order valence-electron chi connectivity index (χ0n) is 10.5. The third-order valence-corrected chi connectivity index (χ3v) is 2.74. The molecule has 0 radical (unpaired) electrons. The quantitative estimate of drug-likeness (QED) is 0.797. The number of benzene rings is 1. The Bertz CT molecular complexity index is 435. The van der Waals surface area contributed by atoms with Gasteiger partial charge in [-0.25, -0.2) is 0 Å². The first-order valence-electron chi connectivity index (χ1n) is 5.72. The molecule has 17 heavy (non-hydrogen) atoms. The van der Waals surface area contributed by atoms with Gasteiger partial charge in [0.2, 0.25) is 0 Å². The van der Waals surface area contributed by atoms with Gasteiger partial charge in [0.1, 0.15) is 0 Å². The molecule has 0 saturated heterocycles. The fraction of sp³-hybridized carbons (Fsp3) is 0.429. The Morgan fingerprint density at radius 2 is 1.88 bits per heavy atom. The van der Waals surface area contributed by atoms with Crippen molar-refractivity contribution < 1.29 is 14.7 Å². The number of Topliss-reactive ketones (excluding diaryl/α,β-unsaturated/α-hetero) is 1. The molecule has 1 N–H and O–H groups in total.